The lowest BCUT2D eigenvalue weighted by molar-refractivity contribution is -0.688. The van der Waals surface area contributed by atoms with Crippen LogP contribution in [0.3, 0.4) is 0 Å². The van der Waals surface area contributed by atoms with Crippen LogP contribution in [-0.2, 0) is 6.54 Å². The van der Waals surface area contributed by atoms with Crippen LogP contribution in [0.25, 0.3) is 22.6 Å². The van der Waals surface area contributed by atoms with Crippen molar-refractivity contribution >= 4 is 38.6 Å². The molecule has 0 bridgehead atoms. The van der Waals surface area contributed by atoms with Gasteiger partial charge in [0.05, 0.1) is 9.50 Å². The molecule has 7 heteroatoms. The molecule has 0 saturated heterocycles. The highest BCUT2D eigenvalue weighted by atomic mass is 79.9. The summed E-state index contributed by atoms with van der Waals surface area (Å²) in [7, 11) is 0. The minimum absolute atomic E-state index is 0. The van der Waals surface area contributed by atoms with Gasteiger partial charge in [-0.2, -0.15) is 4.57 Å². The molecule has 0 amide bonds. The van der Waals surface area contributed by atoms with Crippen molar-refractivity contribution in [3.63, 3.8) is 0 Å². The second-order valence-corrected chi connectivity index (χ2v) is 6.96. The van der Waals surface area contributed by atoms with Crippen molar-refractivity contribution in [2.24, 2.45) is 0 Å². The third kappa shape index (κ3) is 3.90. The number of aromatic nitrogens is 2. The first-order valence-corrected chi connectivity index (χ1v) is 8.75. The molecule has 0 fully saturated rings. The Morgan fingerprint density at radius 2 is 1.92 bits per heavy atom. The van der Waals surface area contributed by atoms with Crippen molar-refractivity contribution < 1.29 is 25.8 Å². The zero-order valence-electron chi connectivity index (χ0n) is 13.3. The summed E-state index contributed by atoms with van der Waals surface area (Å²) in [4.78, 5) is 4.52. The van der Waals surface area contributed by atoms with E-state index in [1.165, 1.54) is 12.1 Å². The van der Waals surface area contributed by atoms with Crippen LogP contribution in [0.15, 0.2) is 69.8 Å². The molecule has 0 aliphatic heterocycles. The molecular weight excluding hydrogens is 442 g/mol. The average Bonchev–Trinajstić information content (AvgIpc) is 3.01. The fourth-order valence-corrected chi connectivity index (χ4v) is 3.38. The lowest BCUT2D eigenvalue weighted by Gasteiger charge is -2.03. The highest BCUT2D eigenvalue weighted by Gasteiger charge is 2.15. The molecule has 0 radical (unpaired) electrons. The quantitative estimate of drug-likeness (QED) is 0.446. The van der Waals surface area contributed by atoms with Crippen molar-refractivity contribution in [1.82, 2.24) is 4.98 Å². The molecule has 0 unspecified atom stereocenters. The van der Waals surface area contributed by atoms with Gasteiger partial charge in [-0.05, 0) is 52.3 Å². The number of halogens is 4. The summed E-state index contributed by atoms with van der Waals surface area (Å²) in [6.07, 6.45) is 3.85. The molecule has 4 rings (SSSR count). The van der Waals surface area contributed by atoms with Crippen LogP contribution < -0.4 is 17.0 Å². The minimum atomic E-state index is -0.347. The third-order valence-corrected chi connectivity index (χ3v) is 4.58. The van der Waals surface area contributed by atoms with Gasteiger partial charge in [0.15, 0.2) is 24.5 Å². The van der Waals surface area contributed by atoms with Crippen molar-refractivity contribution in [2.45, 2.75) is 6.54 Å². The van der Waals surface area contributed by atoms with Crippen molar-refractivity contribution in [1.29, 1.82) is 0 Å². The first-order valence-electron chi connectivity index (χ1n) is 7.58. The molecule has 0 N–H and O–H groups in total. The van der Waals surface area contributed by atoms with E-state index in [-0.39, 0.29) is 18.2 Å². The van der Waals surface area contributed by atoms with Crippen LogP contribution in [0.5, 0.6) is 0 Å². The maximum absolute atomic E-state index is 13.2. The van der Waals surface area contributed by atoms with Crippen molar-refractivity contribution in [2.75, 3.05) is 0 Å². The fraction of sp³-hybridized carbons (Fsp3) is 0.0526. The molecule has 2 aromatic heterocycles. The zero-order valence-corrected chi connectivity index (χ0v) is 16.4. The lowest BCUT2D eigenvalue weighted by atomic mass is 10.2. The number of pyridine rings is 1. The fourth-order valence-electron chi connectivity index (χ4n) is 2.65. The number of hydrogen-bond donors (Lipinski definition) is 0. The second kappa shape index (κ2) is 7.74. The Labute approximate surface area is 169 Å². The zero-order chi connectivity index (χ0) is 17.4. The molecule has 26 heavy (non-hydrogen) atoms. The van der Waals surface area contributed by atoms with E-state index in [4.69, 9.17) is 16.0 Å². The molecule has 0 aliphatic carbocycles. The summed E-state index contributed by atoms with van der Waals surface area (Å²) in [6.45, 7) is 0.506. The molecule has 2 heterocycles. The van der Waals surface area contributed by atoms with E-state index in [0.29, 0.717) is 17.5 Å². The van der Waals surface area contributed by atoms with Crippen LogP contribution in [0.4, 0.5) is 4.39 Å². The number of oxazole rings is 1. The molecule has 3 nitrogen and oxygen atoms in total. The summed E-state index contributed by atoms with van der Waals surface area (Å²) in [5.74, 6) is 0.196. The Balaban J connectivity index is 0.00000196. The minimum Gasteiger partial charge on any atom is -1.00 e. The van der Waals surface area contributed by atoms with E-state index >= 15 is 0 Å². The molecule has 0 atom stereocenters. The van der Waals surface area contributed by atoms with Crippen LogP contribution in [0.2, 0.25) is 5.02 Å². The van der Waals surface area contributed by atoms with Crippen LogP contribution in [0, 0.1) is 5.82 Å². The summed E-state index contributed by atoms with van der Waals surface area (Å²) in [5, 5.41) is 0.399. The molecule has 132 valence electrons. The number of fused-ring (bicyclic) bond motifs is 1. The molecule has 2 aromatic carbocycles. The van der Waals surface area contributed by atoms with Gasteiger partial charge in [-0.25, -0.2) is 9.37 Å². The highest BCUT2D eigenvalue weighted by Crippen LogP contribution is 2.25. The Morgan fingerprint density at radius 1 is 1.12 bits per heavy atom. The number of rotatable bonds is 3. The van der Waals surface area contributed by atoms with Gasteiger partial charge in [0.2, 0.25) is 5.89 Å². The first kappa shape index (κ1) is 18.8. The van der Waals surface area contributed by atoms with E-state index in [0.717, 1.165) is 26.7 Å². The summed E-state index contributed by atoms with van der Waals surface area (Å²) in [5.41, 5.74) is 3.22. The van der Waals surface area contributed by atoms with Crippen LogP contribution in [0.1, 0.15) is 5.56 Å². The maximum Gasteiger partial charge on any atom is 0.233 e. The summed E-state index contributed by atoms with van der Waals surface area (Å²) >= 11 is 9.65. The van der Waals surface area contributed by atoms with Crippen LogP contribution in [-0.4, -0.2) is 4.98 Å². The highest BCUT2D eigenvalue weighted by molar-refractivity contribution is 9.10. The molecular formula is C19H12BrCl2FN2O. The topological polar surface area (TPSA) is 29.9 Å². The predicted octanol–water partition coefficient (Wildman–Crippen LogP) is 2.39. The van der Waals surface area contributed by atoms with Gasteiger partial charge in [-0.15, -0.1) is 0 Å². The Hall–Kier alpha value is -1.95. The van der Waals surface area contributed by atoms with E-state index in [1.54, 1.807) is 6.07 Å². The summed E-state index contributed by atoms with van der Waals surface area (Å²) in [6, 6.07) is 14.0. The second-order valence-electron chi connectivity index (χ2n) is 5.64. The number of hydrogen-bond acceptors (Lipinski definition) is 2. The summed E-state index contributed by atoms with van der Waals surface area (Å²) < 4.78 is 21.9. The van der Waals surface area contributed by atoms with Crippen LogP contribution >= 0.6 is 27.5 Å². The van der Waals surface area contributed by atoms with Gasteiger partial charge in [-0.1, -0.05) is 23.7 Å². The van der Waals surface area contributed by atoms with Gasteiger partial charge in [0.25, 0.3) is 0 Å². The van der Waals surface area contributed by atoms with E-state index in [1.807, 2.05) is 47.3 Å². The Kier molecular flexibility index (Phi) is 5.61. The number of benzene rings is 2. The lowest BCUT2D eigenvalue weighted by Crippen LogP contribution is -3.00. The SMILES string of the molecule is Fc1ccc(C[n+]2cc(Br)cc(-c3nc4ccccc4o3)c2)c(Cl)c1.[Cl-]. The molecule has 4 aromatic rings. The predicted molar refractivity (Wildman–Crippen MR) is 97.9 cm³/mol. The van der Waals surface area contributed by atoms with Gasteiger partial charge < -0.3 is 16.8 Å². The third-order valence-electron chi connectivity index (χ3n) is 3.80. The normalized spacial score (nSPS) is 10.7. The number of para-hydroxylation sites is 2. The van der Waals surface area contributed by atoms with E-state index < -0.39 is 0 Å². The molecule has 0 saturated carbocycles. The van der Waals surface area contributed by atoms with Crippen molar-refractivity contribution in [3.05, 3.63) is 81.8 Å². The number of nitrogens with zero attached hydrogens (tertiary/aromatic N) is 2. The average molecular weight is 454 g/mol. The smallest absolute Gasteiger partial charge is 0.233 e. The monoisotopic (exact) mass is 452 g/mol. The molecule has 0 spiro atoms. The van der Waals surface area contributed by atoms with Crippen molar-refractivity contribution in [3.8, 4) is 11.5 Å². The maximum atomic E-state index is 13.2. The molecule has 0 aliphatic rings. The van der Waals surface area contributed by atoms with Gasteiger partial charge in [0, 0.05) is 5.56 Å². The van der Waals surface area contributed by atoms with E-state index in [9.17, 15) is 4.39 Å². The Bertz CT molecular complexity index is 1050. The largest absolute Gasteiger partial charge is 1.00 e. The standard InChI is InChI=1S/C19H12BrClFN2O.ClH/c20-14-7-13(19-23-17-3-1-2-4-18(17)25-19)10-24(11-14)9-12-5-6-15(22)8-16(12)21;/h1-8,10-11H,9H2;1H/q+1;/p-1. The van der Waals surface area contributed by atoms with Gasteiger partial charge >= 0.3 is 0 Å². The first-order chi connectivity index (χ1) is 12.1. The van der Waals surface area contributed by atoms with Gasteiger partial charge in [-0.3, -0.25) is 0 Å². The van der Waals surface area contributed by atoms with E-state index in [2.05, 4.69) is 20.9 Å². The Morgan fingerprint density at radius 3 is 2.69 bits per heavy atom. The van der Waals surface area contributed by atoms with Gasteiger partial charge in [0.1, 0.15) is 16.9 Å².